The van der Waals surface area contributed by atoms with E-state index in [0.717, 1.165) is 31.6 Å². The average molecular weight is 294 g/mol. The SMILES string of the molecule is Nc1nc(N)c2sc3nccc(-c4cccnc4)c3c2n1. The summed E-state index contributed by atoms with van der Waals surface area (Å²) in [5, 5.41) is 0.936. The quantitative estimate of drug-likeness (QED) is 0.559. The lowest BCUT2D eigenvalue weighted by molar-refractivity contribution is 1.26. The summed E-state index contributed by atoms with van der Waals surface area (Å²) in [4.78, 5) is 17.8. The zero-order chi connectivity index (χ0) is 14.4. The molecule has 0 spiro atoms. The van der Waals surface area contributed by atoms with Crippen LogP contribution < -0.4 is 11.5 Å². The lowest BCUT2D eigenvalue weighted by atomic mass is 10.1. The molecule has 4 aromatic rings. The number of anilines is 2. The number of hydrogen-bond acceptors (Lipinski definition) is 7. The number of nitrogens with zero attached hydrogens (tertiary/aromatic N) is 4. The molecular weight excluding hydrogens is 284 g/mol. The molecule has 0 saturated heterocycles. The number of pyridine rings is 2. The Morgan fingerprint density at radius 1 is 1.05 bits per heavy atom. The van der Waals surface area contributed by atoms with Crippen LogP contribution in [0.25, 0.3) is 31.6 Å². The summed E-state index contributed by atoms with van der Waals surface area (Å²) in [5.74, 6) is 0.554. The average Bonchev–Trinajstić information content (AvgIpc) is 2.87. The van der Waals surface area contributed by atoms with Gasteiger partial charge in [0.15, 0.2) is 0 Å². The summed E-state index contributed by atoms with van der Waals surface area (Å²) in [6.07, 6.45) is 5.32. The Morgan fingerprint density at radius 3 is 2.76 bits per heavy atom. The van der Waals surface area contributed by atoms with Crippen LogP contribution in [0.15, 0.2) is 36.8 Å². The molecule has 6 nitrogen and oxygen atoms in total. The van der Waals surface area contributed by atoms with Crippen LogP contribution in [0.2, 0.25) is 0 Å². The van der Waals surface area contributed by atoms with Crippen LogP contribution in [0.1, 0.15) is 0 Å². The highest BCUT2D eigenvalue weighted by atomic mass is 32.1. The van der Waals surface area contributed by atoms with Crippen LogP contribution in [0, 0.1) is 0 Å². The van der Waals surface area contributed by atoms with Gasteiger partial charge in [-0.05, 0) is 17.7 Å². The van der Waals surface area contributed by atoms with Gasteiger partial charge < -0.3 is 11.5 Å². The first-order chi connectivity index (χ1) is 10.2. The first-order valence-electron chi connectivity index (χ1n) is 6.24. The first kappa shape index (κ1) is 12.0. The van der Waals surface area contributed by atoms with Gasteiger partial charge in [0.1, 0.15) is 10.6 Å². The smallest absolute Gasteiger partial charge is 0.222 e. The molecule has 0 saturated carbocycles. The molecule has 4 N–H and O–H groups in total. The van der Waals surface area contributed by atoms with E-state index in [0.29, 0.717) is 5.82 Å². The van der Waals surface area contributed by atoms with Crippen molar-refractivity contribution < 1.29 is 0 Å². The highest BCUT2D eigenvalue weighted by molar-refractivity contribution is 7.26. The van der Waals surface area contributed by atoms with Crippen molar-refractivity contribution in [2.75, 3.05) is 11.5 Å². The topological polar surface area (TPSA) is 104 Å². The van der Waals surface area contributed by atoms with Crippen molar-refractivity contribution in [1.29, 1.82) is 0 Å². The van der Waals surface area contributed by atoms with Gasteiger partial charge in [0.2, 0.25) is 5.95 Å². The van der Waals surface area contributed by atoms with Crippen LogP contribution in [0.4, 0.5) is 11.8 Å². The van der Waals surface area contributed by atoms with E-state index in [1.165, 1.54) is 11.3 Å². The molecule has 0 aromatic carbocycles. The van der Waals surface area contributed by atoms with Crippen molar-refractivity contribution in [2.45, 2.75) is 0 Å². The molecule has 0 aliphatic carbocycles. The zero-order valence-corrected chi connectivity index (χ0v) is 11.6. The monoisotopic (exact) mass is 294 g/mol. The lowest BCUT2D eigenvalue weighted by Gasteiger charge is -2.03. The van der Waals surface area contributed by atoms with Crippen molar-refractivity contribution in [3.63, 3.8) is 0 Å². The normalized spacial score (nSPS) is 11.2. The highest BCUT2D eigenvalue weighted by Crippen LogP contribution is 2.39. The number of aromatic nitrogens is 4. The minimum Gasteiger partial charge on any atom is -0.382 e. The second-order valence-electron chi connectivity index (χ2n) is 4.53. The van der Waals surface area contributed by atoms with Gasteiger partial charge in [0, 0.05) is 29.5 Å². The van der Waals surface area contributed by atoms with Crippen molar-refractivity contribution >= 4 is 43.5 Å². The second kappa shape index (κ2) is 4.35. The second-order valence-corrected chi connectivity index (χ2v) is 5.53. The molecule has 7 heteroatoms. The fourth-order valence-corrected chi connectivity index (χ4v) is 3.37. The summed E-state index contributed by atoms with van der Waals surface area (Å²) in [6.45, 7) is 0. The molecule has 4 heterocycles. The van der Waals surface area contributed by atoms with Gasteiger partial charge in [-0.15, -0.1) is 11.3 Å². The third kappa shape index (κ3) is 1.78. The fraction of sp³-hybridized carbons (Fsp3) is 0. The number of nitrogen functional groups attached to an aromatic ring is 2. The van der Waals surface area contributed by atoms with E-state index in [1.54, 1.807) is 12.4 Å². The number of fused-ring (bicyclic) bond motifs is 3. The van der Waals surface area contributed by atoms with Gasteiger partial charge in [0.05, 0.1) is 10.2 Å². The minimum atomic E-state index is 0.167. The van der Waals surface area contributed by atoms with Crippen LogP contribution >= 0.6 is 11.3 Å². The maximum atomic E-state index is 5.95. The first-order valence-corrected chi connectivity index (χ1v) is 7.06. The van der Waals surface area contributed by atoms with Gasteiger partial charge in [0.25, 0.3) is 0 Å². The van der Waals surface area contributed by atoms with Crippen molar-refractivity contribution in [1.82, 2.24) is 19.9 Å². The van der Waals surface area contributed by atoms with E-state index >= 15 is 0 Å². The Labute approximate surface area is 123 Å². The fourth-order valence-electron chi connectivity index (χ4n) is 2.36. The molecule has 0 fully saturated rings. The summed E-state index contributed by atoms with van der Waals surface area (Å²) in [7, 11) is 0. The van der Waals surface area contributed by atoms with Crippen molar-refractivity contribution in [2.24, 2.45) is 0 Å². The third-order valence-electron chi connectivity index (χ3n) is 3.23. The number of rotatable bonds is 1. The summed E-state index contributed by atoms with van der Waals surface area (Å²) < 4.78 is 0.808. The van der Waals surface area contributed by atoms with E-state index in [-0.39, 0.29) is 5.95 Å². The molecule has 0 amide bonds. The Morgan fingerprint density at radius 2 is 1.95 bits per heavy atom. The predicted molar refractivity (Wildman–Crippen MR) is 84.8 cm³/mol. The Kier molecular flexibility index (Phi) is 2.48. The predicted octanol–water partition coefficient (Wildman–Crippen LogP) is 2.47. The number of hydrogen-bond donors (Lipinski definition) is 2. The van der Waals surface area contributed by atoms with E-state index in [4.69, 9.17) is 11.5 Å². The van der Waals surface area contributed by atoms with Gasteiger partial charge in [-0.3, -0.25) is 4.98 Å². The molecular formula is C14H10N6S. The largest absolute Gasteiger partial charge is 0.382 e. The molecule has 4 aromatic heterocycles. The van der Waals surface area contributed by atoms with Crippen molar-refractivity contribution in [3.05, 3.63) is 36.8 Å². The van der Waals surface area contributed by atoms with Gasteiger partial charge in [-0.2, -0.15) is 4.98 Å². The Hall–Kier alpha value is -2.80. The van der Waals surface area contributed by atoms with Crippen LogP contribution in [0.3, 0.4) is 0 Å². The summed E-state index contributed by atoms with van der Waals surface area (Å²) >= 11 is 1.47. The van der Waals surface area contributed by atoms with E-state index in [1.807, 2.05) is 24.4 Å². The molecule has 0 atom stereocenters. The third-order valence-corrected chi connectivity index (χ3v) is 4.34. The maximum Gasteiger partial charge on any atom is 0.222 e. The summed E-state index contributed by atoms with van der Waals surface area (Å²) in [6, 6.07) is 5.84. The van der Waals surface area contributed by atoms with E-state index in [9.17, 15) is 0 Å². The molecule has 0 radical (unpaired) electrons. The lowest BCUT2D eigenvalue weighted by Crippen LogP contribution is -1.98. The van der Waals surface area contributed by atoms with E-state index in [2.05, 4.69) is 19.9 Å². The maximum absolute atomic E-state index is 5.95. The van der Waals surface area contributed by atoms with E-state index < -0.39 is 0 Å². The molecule has 0 unspecified atom stereocenters. The van der Waals surface area contributed by atoms with Crippen molar-refractivity contribution in [3.8, 4) is 11.1 Å². The van der Waals surface area contributed by atoms with Gasteiger partial charge >= 0.3 is 0 Å². The van der Waals surface area contributed by atoms with Crippen LogP contribution in [-0.2, 0) is 0 Å². The van der Waals surface area contributed by atoms with Crippen LogP contribution in [-0.4, -0.2) is 19.9 Å². The molecule has 102 valence electrons. The number of thiophene rings is 1. The Bertz CT molecular complexity index is 963. The van der Waals surface area contributed by atoms with Gasteiger partial charge in [-0.25, -0.2) is 9.97 Å². The molecule has 0 bridgehead atoms. The molecule has 21 heavy (non-hydrogen) atoms. The summed E-state index contributed by atoms with van der Waals surface area (Å²) in [5.41, 5.74) is 14.4. The zero-order valence-electron chi connectivity index (χ0n) is 10.8. The molecule has 0 aliphatic heterocycles. The number of nitrogens with two attached hydrogens (primary N) is 2. The standard InChI is InChI=1S/C14H10N6S/c15-12-11-10(19-14(16)20-12)9-8(3-5-18-13(9)21-11)7-2-1-4-17-6-7/h1-6H,(H4,15,16,19,20). The Balaban J connectivity index is 2.18. The highest BCUT2D eigenvalue weighted by Gasteiger charge is 2.16. The molecule has 0 aliphatic rings. The molecule has 4 rings (SSSR count). The van der Waals surface area contributed by atoms with Gasteiger partial charge in [-0.1, -0.05) is 6.07 Å². The van der Waals surface area contributed by atoms with Crippen LogP contribution in [0.5, 0.6) is 0 Å². The minimum absolute atomic E-state index is 0.167.